The number of anilines is 3. The van der Waals surface area contributed by atoms with Gasteiger partial charge in [-0.1, -0.05) is 200 Å². The van der Waals surface area contributed by atoms with Crippen LogP contribution < -0.4 is 4.90 Å². The highest BCUT2D eigenvalue weighted by Crippen LogP contribution is 2.46. The minimum Gasteiger partial charge on any atom is -0.310 e. The SMILES string of the molecule is [2H]c1c([2H])c(N(c2ccc(-c3cccc4ccccc34)cc2)c2ccccc2-c2ccccc2-c2ccccc2-c2ccccc2)c([2H])c([2H])c1-c1ccc2ccccc2c1. The Bertz CT molecular complexity index is 3210. The molecule has 10 rings (SSSR count). The van der Waals surface area contributed by atoms with E-state index in [2.05, 4.69) is 121 Å². The van der Waals surface area contributed by atoms with E-state index in [1.807, 2.05) is 95.9 Å². The minimum atomic E-state index is -0.125. The van der Waals surface area contributed by atoms with E-state index in [0.29, 0.717) is 11.3 Å². The van der Waals surface area contributed by atoms with Crippen molar-refractivity contribution in [1.82, 2.24) is 0 Å². The van der Waals surface area contributed by atoms with Gasteiger partial charge in [0.15, 0.2) is 0 Å². The quantitative estimate of drug-likeness (QED) is 0.151. The van der Waals surface area contributed by atoms with Crippen LogP contribution in [0.5, 0.6) is 0 Å². The lowest BCUT2D eigenvalue weighted by Crippen LogP contribution is -2.11. The number of rotatable bonds is 8. The Hall–Kier alpha value is -7.48. The lowest BCUT2D eigenvalue weighted by molar-refractivity contribution is 1.28. The maximum atomic E-state index is 9.72. The first-order chi connectivity index (χ1) is 30.0. The van der Waals surface area contributed by atoms with Gasteiger partial charge in [0.05, 0.1) is 11.2 Å². The zero-order valence-corrected chi connectivity index (χ0v) is 31.2. The maximum Gasteiger partial charge on any atom is 0.0645 e. The van der Waals surface area contributed by atoms with Crippen molar-refractivity contribution >= 4 is 38.6 Å². The van der Waals surface area contributed by atoms with Gasteiger partial charge in [0.25, 0.3) is 0 Å². The molecule has 10 aromatic carbocycles. The van der Waals surface area contributed by atoms with E-state index in [4.69, 9.17) is 0 Å². The van der Waals surface area contributed by atoms with Crippen molar-refractivity contribution in [3.63, 3.8) is 0 Å². The fraction of sp³-hybridized carbons (Fsp3) is 0. The van der Waals surface area contributed by atoms with Crippen LogP contribution >= 0.6 is 0 Å². The molecule has 0 unspecified atom stereocenters. The van der Waals surface area contributed by atoms with Gasteiger partial charge in [0, 0.05) is 16.9 Å². The van der Waals surface area contributed by atoms with Gasteiger partial charge in [0.1, 0.15) is 0 Å². The van der Waals surface area contributed by atoms with E-state index in [-0.39, 0.29) is 35.4 Å². The molecule has 0 amide bonds. The smallest absolute Gasteiger partial charge is 0.0645 e. The van der Waals surface area contributed by atoms with Gasteiger partial charge in [-0.2, -0.15) is 0 Å². The van der Waals surface area contributed by atoms with Crippen LogP contribution in [0, 0.1) is 0 Å². The van der Waals surface area contributed by atoms with E-state index in [1.165, 1.54) is 0 Å². The highest BCUT2D eigenvalue weighted by molar-refractivity contribution is 5.99. The molecular weight excluding hydrogens is 687 g/mol. The van der Waals surface area contributed by atoms with E-state index in [1.54, 1.807) is 0 Å². The second kappa shape index (κ2) is 15.0. The molecule has 0 heterocycles. The maximum absolute atomic E-state index is 9.72. The molecule has 0 aromatic heterocycles. The molecule has 0 bridgehead atoms. The van der Waals surface area contributed by atoms with Crippen LogP contribution in [0.1, 0.15) is 5.48 Å². The van der Waals surface area contributed by atoms with E-state index >= 15 is 0 Å². The topological polar surface area (TPSA) is 3.24 Å². The van der Waals surface area contributed by atoms with Gasteiger partial charge in [0.2, 0.25) is 0 Å². The zero-order chi connectivity index (χ0) is 41.5. The van der Waals surface area contributed by atoms with Crippen molar-refractivity contribution in [2.75, 3.05) is 4.90 Å². The Morgan fingerprint density at radius 3 is 1.54 bits per heavy atom. The number of hydrogen-bond donors (Lipinski definition) is 0. The average molecular weight is 730 g/mol. The molecule has 0 aliphatic carbocycles. The normalized spacial score (nSPS) is 12.1. The molecule has 1 heteroatoms. The predicted octanol–water partition coefficient (Wildman–Crippen LogP) is 15.8. The van der Waals surface area contributed by atoms with Gasteiger partial charge in [-0.3, -0.25) is 0 Å². The molecule has 0 aliphatic heterocycles. The van der Waals surface area contributed by atoms with Crippen molar-refractivity contribution in [1.29, 1.82) is 0 Å². The molecule has 57 heavy (non-hydrogen) atoms. The lowest BCUT2D eigenvalue weighted by Gasteiger charge is -2.29. The molecule has 10 aromatic rings. The van der Waals surface area contributed by atoms with Crippen molar-refractivity contribution in [3.8, 4) is 55.6 Å². The molecule has 0 fully saturated rings. The molecule has 0 aliphatic rings. The molecule has 0 saturated carbocycles. The summed E-state index contributed by atoms with van der Waals surface area (Å²) in [5.41, 5.74) is 10.8. The average Bonchev–Trinajstić information content (AvgIpc) is 3.32. The Morgan fingerprint density at radius 2 is 0.789 bits per heavy atom. The van der Waals surface area contributed by atoms with Crippen LogP contribution in [0.25, 0.3) is 77.2 Å². The van der Waals surface area contributed by atoms with Crippen LogP contribution in [0.4, 0.5) is 17.1 Å². The molecular formula is C56H39N. The third-order valence-electron chi connectivity index (χ3n) is 10.8. The molecule has 1 nitrogen and oxygen atoms in total. The highest BCUT2D eigenvalue weighted by Gasteiger charge is 2.20. The zero-order valence-electron chi connectivity index (χ0n) is 35.2. The Labute approximate surface area is 340 Å². The van der Waals surface area contributed by atoms with Gasteiger partial charge in [-0.15, -0.1) is 0 Å². The Morgan fingerprint density at radius 1 is 0.281 bits per heavy atom. The Kier molecular flexibility index (Phi) is 7.84. The summed E-state index contributed by atoms with van der Waals surface area (Å²) in [5.74, 6) is 0. The fourth-order valence-electron chi connectivity index (χ4n) is 8.00. The third-order valence-corrected chi connectivity index (χ3v) is 10.8. The summed E-state index contributed by atoms with van der Waals surface area (Å²) in [4.78, 5) is 1.91. The standard InChI is InChI=1S/C56H39N/c1-2-16-42(17-3-1)51-22-8-9-23-52(51)53-24-10-11-25-54(53)55-26-12-13-28-56(55)57(47-35-31-41(32-36-47)46-30-29-40-15-4-5-19-45(40)39-46)48-37-33-44(34-38-48)50-27-14-20-43-18-6-7-21-49(43)50/h1-39H/i31D,32D,35D,36D. The van der Waals surface area contributed by atoms with E-state index < -0.39 is 0 Å². The summed E-state index contributed by atoms with van der Waals surface area (Å²) < 4.78 is 38.5. The number of benzene rings is 10. The summed E-state index contributed by atoms with van der Waals surface area (Å²) >= 11 is 0. The summed E-state index contributed by atoms with van der Waals surface area (Å²) in [6.45, 7) is 0. The van der Waals surface area contributed by atoms with Crippen molar-refractivity contribution in [2.24, 2.45) is 0 Å². The van der Waals surface area contributed by atoms with E-state index in [9.17, 15) is 5.48 Å². The van der Waals surface area contributed by atoms with Crippen LogP contribution in [0.15, 0.2) is 236 Å². The third kappa shape index (κ3) is 6.56. The molecule has 268 valence electrons. The van der Waals surface area contributed by atoms with Crippen LogP contribution in [-0.4, -0.2) is 0 Å². The monoisotopic (exact) mass is 729 g/mol. The van der Waals surface area contributed by atoms with Crippen LogP contribution in [0.3, 0.4) is 0 Å². The highest BCUT2D eigenvalue weighted by atomic mass is 15.1. The van der Waals surface area contributed by atoms with Gasteiger partial charge in [-0.05, 0) is 108 Å². The second-order valence-corrected chi connectivity index (χ2v) is 14.2. The number of fused-ring (bicyclic) bond motifs is 2. The molecule has 0 atom stereocenters. The van der Waals surface area contributed by atoms with E-state index in [0.717, 1.165) is 71.7 Å². The molecule has 0 saturated heterocycles. The number of para-hydroxylation sites is 1. The molecule has 0 spiro atoms. The summed E-state index contributed by atoms with van der Waals surface area (Å²) in [6.07, 6.45) is 0. The first-order valence-corrected chi connectivity index (χ1v) is 19.3. The van der Waals surface area contributed by atoms with Crippen LogP contribution in [-0.2, 0) is 0 Å². The first-order valence-electron chi connectivity index (χ1n) is 21.3. The van der Waals surface area contributed by atoms with Crippen molar-refractivity contribution in [2.45, 2.75) is 0 Å². The van der Waals surface area contributed by atoms with Gasteiger partial charge >= 0.3 is 0 Å². The molecule has 0 N–H and O–H groups in total. The fourth-order valence-corrected chi connectivity index (χ4v) is 8.00. The van der Waals surface area contributed by atoms with Gasteiger partial charge in [-0.25, -0.2) is 0 Å². The number of hydrogen-bond acceptors (Lipinski definition) is 1. The summed E-state index contributed by atoms with van der Waals surface area (Å²) in [5, 5.41) is 4.31. The molecule has 0 radical (unpaired) electrons. The first kappa shape index (κ1) is 29.8. The number of nitrogens with zero attached hydrogens (tertiary/aromatic N) is 1. The van der Waals surface area contributed by atoms with Crippen LogP contribution in [0.2, 0.25) is 0 Å². The minimum absolute atomic E-state index is 0.0988. The lowest BCUT2D eigenvalue weighted by atomic mass is 9.88. The predicted molar refractivity (Wildman–Crippen MR) is 243 cm³/mol. The summed E-state index contributed by atoms with van der Waals surface area (Å²) in [7, 11) is 0. The van der Waals surface area contributed by atoms with Crippen molar-refractivity contribution in [3.05, 3.63) is 236 Å². The Balaban J connectivity index is 1.19. The summed E-state index contributed by atoms with van der Waals surface area (Å²) in [6, 6.07) is 71.5. The van der Waals surface area contributed by atoms with Gasteiger partial charge < -0.3 is 4.90 Å². The second-order valence-electron chi connectivity index (χ2n) is 14.2. The largest absolute Gasteiger partial charge is 0.310 e. The van der Waals surface area contributed by atoms with Crippen molar-refractivity contribution < 1.29 is 5.48 Å².